The van der Waals surface area contributed by atoms with Gasteiger partial charge >= 0.3 is 0 Å². The Hall–Kier alpha value is -2.44. The Morgan fingerprint density at radius 1 is 1.33 bits per heavy atom. The fraction of sp³-hybridized carbons (Fsp3) is 0.167. The Bertz CT molecular complexity index is 785. The topological polar surface area (TPSA) is 91.1 Å². The van der Waals surface area contributed by atoms with Crippen molar-refractivity contribution < 1.29 is 9.47 Å². The molecule has 0 amide bonds. The first kappa shape index (κ1) is 15.0. The fourth-order valence-electron chi connectivity index (χ4n) is 1.53. The van der Waals surface area contributed by atoms with E-state index in [2.05, 4.69) is 15.3 Å². The van der Waals surface area contributed by atoms with Gasteiger partial charge < -0.3 is 9.47 Å². The molecule has 2 aromatic rings. The van der Waals surface area contributed by atoms with Gasteiger partial charge in [-0.15, -0.1) is 0 Å². The lowest BCUT2D eigenvalue weighted by Gasteiger charge is -2.08. The van der Waals surface area contributed by atoms with Gasteiger partial charge in [0.05, 0.1) is 13.3 Å². The normalized spacial score (nSPS) is 10.5. The predicted octanol–water partition coefficient (Wildman–Crippen LogP) is 2.40. The van der Waals surface area contributed by atoms with E-state index in [0.717, 1.165) is 5.56 Å². The van der Waals surface area contributed by atoms with Gasteiger partial charge in [0, 0.05) is 0 Å². The number of hydrogen-bond acceptors (Lipinski definition) is 6. The van der Waals surface area contributed by atoms with Crippen LogP contribution in [-0.2, 0) is 0 Å². The molecule has 21 heavy (non-hydrogen) atoms. The molecule has 7 nitrogen and oxygen atoms in total. The second-order valence-electron chi connectivity index (χ2n) is 3.77. The number of benzene rings is 1. The lowest BCUT2D eigenvalue weighted by atomic mass is 10.2. The quantitative estimate of drug-likeness (QED) is 0.652. The van der Waals surface area contributed by atoms with E-state index in [4.69, 9.17) is 39.2 Å². The van der Waals surface area contributed by atoms with Crippen molar-refractivity contribution in [1.82, 2.24) is 14.9 Å². The molecule has 9 heteroatoms. The summed E-state index contributed by atoms with van der Waals surface area (Å²) in [6.45, 7) is -0.0442. The van der Waals surface area contributed by atoms with E-state index in [-0.39, 0.29) is 6.61 Å². The van der Waals surface area contributed by atoms with Crippen LogP contribution in [0.2, 0.25) is 0 Å². The predicted molar refractivity (Wildman–Crippen MR) is 81.9 cm³/mol. The van der Waals surface area contributed by atoms with Crippen LogP contribution in [0.3, 0.4) is 0 Å². The van der Waals surface area contributed by atoms with Gasteiger partial charge in [0.25, 0.3) is 0 Å². The number of methoxy groups -OCH3 is 1. The van der Waals surface area contributed by atoms with Gasteiger partial charge in [0.15, 0.2) is 18.1 Å². The van der Waals surface area contributed by atoms with Crippen molar-refractivity contribution in [2.45, 2.75) is 0 Å². The third-order valence-electron chi connectivity index (χ3n) is 2.46. The Kier molecular flexibility index (Phi) is 4.86. The summed E-state index contributed by atoms with van der Waals surface area (Å²) in [5.74, 6) is 1.00. The average molecular weight is 321 g/mol. The van der Waals surface area contributed by atoms with Crippen molar-refractivity contribution in [2.75, 3.05) is 13.7 Å². The van der Waals surface area contributed by atoms with Crippen LogP contribution in [0.1, 0.15) is 5.56 Å². The zero-order valence-electron chi connectivity index (χ0n) is 11.0. The van der Waals surface area contributed by atoms with Crippen LogP contribution in [-0.4, -0.2) is 34.8 Å². The average Bonchev–Trinajstić information content (AvgIpc) is 2.82. The minimum atomic E-state index is -0.0442. The summed E-state index contributed by atoms with van der Waals surface area (Å²) in [4.78, 5) is 0. The minimum absolute atomic E-state index is 0.0442. The van der Waals surface area contributed by atoms with Crippen LogP contribution in [0, 0.1) is 20.9 Å². The molecule has 108 valence electrons. The van der Waals surface area contributed by atoms with E-state index in [0.29, 0.717) is 21.0 Å². The van der Waals surface area contributed by atoms with Crippen LogP contribution in [0.4, 0.5) is 0 Å². The summed E-state index contributed by atoms with van der Waals surface area (Å²) >= 11 is 10.1. The van der Waals surface area contributed by atoms with Gasteiger partial charge in [-0.1, -0.05) is 0 Å². The molecule has 1 aromatic heterocycles. The van der Waals surface area contributed by atoms with Gasteiger partial charge in [0.1, 0.15) is 6.07 Å². The first-order chi connectivity index (χ1) is 10.2. The Morgan fingerprint density at radius 2 is 2.05 bits per heavy atom. The van der Waals surface area contributed by atoms with Gasteiger partial charge in [-0.3, -0.25) is 10.2 Å². The lowest BCUT2D eigenvalue weighted by molar-refractivity contribution is 0.329. The maximum atomic E-state index is 8.52. The molecule has 0 saturated carbocycles. The number of hydrogen-bond donors (Lipinski definition) is 2. The van der Waals surface area contributed by atoms with Crippen LogP contribution < -0.4 is 9.47 Å². The molecule has 0 aliphatic heterocycles. The molecule has 0 aliphatic carbocycles. The lowest BCUT2D eigenvalue weighted by Crippen LogP contribution is -1.98. The van der Waals surface area contributed by atoms with Crippen molar-refractivity contribution in [3.63, 3.8) is 0 Å². The molecule has 0 aliphatic rings. The molecular formula is C12H11N5O2S2. The molecule has 2 rings (SSSR count). The first-order valence-corrected chi connectivity index (χ1v) is 6.59. The van der Waals surface area contributed by atoms with Gasteiger partial charge in [-0.25, -0.2) is 0 Å². The zero-order chi connectivity index (χ0) is 15.2. The number of H-pyrrole nitrogens is 2. The summed E-state index contributed by atoms with van der Waals surface area (Å²) in [7, 11) is 1.52. The third kappa shape index (κ3) is 3.56. The van der Waals surface area contributed by atoms with Crippen LogP contribution in [0.5, 0.6) is 11.5 Å². The van der Waals surface area contributed by atoms with E-state index in [9.17, 15) is 0 Å². The number of nitriles is 1. The summed E-state index contributed by atoms with van der Waals surface area (Å²) < 4.78 is 12.6. The molecule has 0 atom stereocenters. The molecule has 2 N–H and O–H groups in total. The molecule has 0 unspecified atom stereocenters. The van der Waals surface area contributed by atoms with Crippen LogP contribution in [0.15, 0.2) is 23.3 Å². The summed E-state index contributed by atoms with van der Waals surface area (Å²) in [5, 5.41) is 18.1. The second-order valence-corrected chi connectivity index (χ2v) is 4.55. The Labute approximate surface area is 130 Å². The Morgan fingerprint density at radius 3 is 2.67 bits per heavy atom. The summed E-state index contributed by atoms with van der Waals surface area (Å²) in [5.41, 5.74) is 0.772. The molecular weight excluding hydrogens is 310 g/mol. The number of aromatic amines is 2. The largest absolute Gasteiger partial charge is 0.493 e. The summed E-state index contributed by atoms with van der Waals surface area (Å²) in [6, 6.07) is 7.12. The van der Waals surface area contributed by atoms with Crippen LogP contribution >= 0.6 is 24.4 Å². The highest BCUT2D eigenvalue weighted by Crippen LogP contribution is 2.27. The minimum Gasteiger partial charge on any atom is -0.493 e. The molecule has 0 bridgehead atoms. The summed E-state index contributed by atoms with van der Waals surface area (Å²) in [6.07, 6.45) is 1.59. The van der Waals surface area contributed by atoms with E-state index < -0.39 is 0 Å². The van der Waals surface area contributed by atoms with E-state index >= 15 is 0 Å². The maximum absolute atomic E-state index is 8.52. The SMILES string of the molecule is COc1cc(/C=N\n2c(=S)[nH][nH]c2=S)ccc1OCC#N. The second kappa shape index (κ2) is 6.83. The number of nitrogens with one attached hydrogen (secondary N) is 2. The van der Waals surface area contributed by atoms with Crippen molar-refractivity contribution >= 4 is 30.7 Å². The smallest absolute Gasteiger partial charge is 0.215 e. The van der Waals surface area contributed by atoms with Gasteiger partial charge in [-0.05, 0) is 48.2 Å². The van der Waals surface area contributed by atoms with E-state index in [1.54, 1.807) is 24.4 Å². The fourth-order valence-corrected chi connectivity index (χ4v) is 1.96. The number of rotatable bonds is 5. The highest BCUT2D eigenvalue weighted by atomic mass is 32.1. The number of nitrogens with zero attached hydrogens (tertiary/aromatic N) is 3. The maximum Gasteiger partial charge on any atom is 0.215 e. The molecule has 1 aromatic carbocycles. The zero-order valence-corrected chi connectivity index (χ0v) is 12.6. The first-order valence-electron chi connectivity index (χ1n) is 5.77. The van der Waals surface area contributed by atoms with Gasteiger partial charge in [-0.2, -0.15) is 15.0 Å². The number of ether oxygens (including phenoxy) is 2. The van der Waals surface area contributed by atoms with Gasteiger partial charge in [0.2, 0.25) is 9.54 Å². The highest BCUT2D eigenvalue weighted by Gasteiger charge is 2.04. The van der Waals surface area contributed by atoms with E-state index in [1.165, 1.54) is 11.8 Å². The Balaban J connectivity index is 2.28. The molecule has 0 fully saturated rings. The van der Waals surface area contributed by atoms with Crippen LogP contribution in [0.25, 0.3) is 0 Å². The molecule has 0 radical (unpaired) electrons. The highest BCUT2D eigenvalue weighted by molar-refractivity contribution is 7.72. The van der Waals surface area contributed by atoms with E-state index in [1.807, 2.05) is 6.07 Å². The molecule has 0 spiro atoms. The molecule has 1 heterocycles. The monoisotopic (exact) mass is 321 g/mol. The standard InChI is InChI=1S/C12H11N5O2S2/c1-18-10-6-8(2-3-9(10)19-5-4-13)7-14-17-11(20)15-16-12(17)21/h2-3,6-7H,5H2,1H3,(H,15,20)(H,16,21)/b14-7-. The van der Waals surface area contributed by atoms with Crippen molar-refractivity contribution in [2.24, 2.45) is 5.10 Å². The van der Waals surface area contributed by atoms with Crippen molar-refractivity contribution in [1.29, 1.82) is 5.26 Å². The van der Waals surface area contributed by atoms with Crippen molar-refractivity contribution in [3.05, 3.63) is 33.3 Å². The molecule has 0 saturated heterocycles. The number of aromatic nitrogens is 3. The van der Waals surface area contributed by atoms with Crippen molar-refractivity contribution in [3.8, 4) is 17.6 Å². The third-order valence-corrected chi connectivity index (χ3v) is 3.01.